The van der Waals surface area contributed by atoms with Gasteiger partial charge in [-0.2, -0.15) is 0 Å². The van der Waals surface area contributed by atoms with Crippen LogP contribution in [0.3, 0.4) is 0 Å². The molecule has 1 aliphatic rings. The standard InChI is InChI=1S/C14H19N3O2/c15-8-4-3-6-11-5-1-2-7-12(11)17-10-9-16-13(18)14(17)19/h1-2,5,7H,3-4,6,8-10,15H2,(H,16,18). The quantitative estimate of drug-likeness (QED) is 0.596. The van der Waals surface area contributed by atoms with E-state index >= 15 is 0 Å². The Morgan fingerprint density at radius 1 is 1.21 bits per heavy atom. The Morgan fingerprint density at radius 2 is 2.00 bits per heavy atom. The van der Waals surface area contributed by atoms with E-state index in [-0.39, 0.29) is 0 Å². The molecule has 1 aliphatic heterocycles. The van der Waals surface area contributed by atoms with Crippen LogP contribution in [0.2, 0.25) is 0 Å². The number of unbranched alkanes of at least 4 members (excludes halogenated alkanes) is 1. The molecule has 0 aliphatic carbocycles. The molecular formula is C14H19N3O2. The molecule has 102 valence electrons. The van der Waals surface area contributed by atoms with E-state index < -0.39 is 11.8 Å². The zero-order valence-electron chi connectivity index (χ0n) is 10.9. The fourth-order valence-corrected chi connectivity index (χ4v) is 2.26. The van der Waals surface area contributed by atoms with Crippen molar-refractivity contribution in [2.75, 3.05) is 24.5 Å². The van der Waals surface area contributed by atoms with Crippen molar-refractivity contribution < 1.29 is 9.59 Å². The molecule has 2 rings (SSSR count). The van der Waals surface area contributed by atoms with Crippen LogP contribution in [0.4, 0.5) is 5.69 Å². The monoisotopic (exact) mass is 261 g/mol. The Labute approximate surface area is 112 Å². The van der Waals surface area contributed by atoms with Gasteiger partial charge in [0.15, 0.2) is 0 Å². The fourth-order valence-electron chi connectivity index (χ4n) is 2.26. The summed E-state index contributed by atoms with van der Waals surface area (Å²) in [4.78, 5) is 24.9. The van der Waals surface area contributed by atoms with Crippen molar-refractivity contribution in [3.63, 3.8) is 0 Å². The van der Waals surface area contributed by atoms with Crippen LogP contribution in [0.15, 0.2) is 24.3 Å². The average molecular weight is 261 g/mol. The van der Waals surface area contributed by atoms with Crippen molar-refractivity contribution in [2.24, 2.45) is 5.73 Å². The molecular weight excluding hydrogens is 242 g/mol. The van der Waals surface area contributed by atoms with Gasteiger partial charge in [0.1, 0.15) is 0 Å². The molecule has 0 radical (unpaired) electrons. The summed E-state index contributed by atoms with van der Waals surface area (Å²) in [5.41, 5.74) is 7.44. The predicted molar refractivity (Wildman–Crippen MR) is 73.8 cm³/mol. The molecule has 3 N–H and O–H groups in total. The SMILES string of the molecule is NCCCCc1ccccc1N1CCNC(=O)C1=O. The molecule has 0 unspecified atom stereocenters. The number of nitrogens with zero attached hydrogens (tertiary/aromatic N) is 1. The molecule has 1 saturated heterocycles. The molecule has 1 aromatic rings. The molecule has 1 fully saturated rings. The van der Waals surface area contributed by atoms with Gasteiger partial charge in [-0.3, -0.25) is 9.59 Å². The molecule has 19 heavy (non-hydrogen) atoms. The number of rotatable bonds is 5. The summed E-state index contributed by atoms with van der Waals surface area (Å²) in [5, 5.41) is 2.56. The number of hydrogen-bond donors (Lipinski definition) is 2. The van der Waals surface area contributed by atoms with E-state index in [0.29, 0.717) is 19.6 Å². The van der Waals surface area contributed by atoms with Crippen LogP contribution in [0.5, 0.6) is 0 Å². The van der Waals surface area contributed by atoms with Crippen molar-refractivity contribution in [1.82, 2.24) is 5.32 Å². The molecule has 5 nitrogen and oxygen atoms in total. The zero-order valence-corrected chi connectivity index (χ0v) is 10.9. The maximum absolute atomic E-state index is 11.9. The van der Waals surface area contributed by atoms with Gasteiger partial charge in [0.05, 0.1) is 0 Å². The normalized spacial score (nSPS) is 15.5. The maximum Gasteiger partial charge on any atom is 0.316 e. The highest BCUT2D eigenvalue weighted by molar-refractivity contribution is 6.41. The first kappa shape index (κ1) is 13.5. The highest BCUT2D eigenvalue weighted by atomic mass is 16.2. The van der Waals surface area contributed by atoms with Gasteiger partial charge in [0.25, 0.3) is 0 Å². The highest BCUT2D eigenvalue weighted by Gasteiger charge is 2.28. The number of carbonyl (C=O) groups is 2. The Morgan fingerprint density at radius 3 is 2.79 bits per heavy atom. The topological polar surface area (TPSA) is 75.4 Å². The number of amides is 2. The molecule has 1 aromatic carbocycles. The lowest BCUT2D eigenvalue weighted by molar-refractivity contribution is -0.138. The summed E-state index contributed by atoms with van der Waals surface area (Å²) in [5.74, 6) is -1.000. The molecule has 5 heteroatoms. The van der Waals surface area contributed by atoms with Crippen molar-refractivity contribution in [3.8, 4) is 0 Å². The van der Waals surface area contributed by atoms with Gasteiger partial charge in [0.2, 0.25) is 0 Å². The first-order valence-corrected chi connectivity index (χ1v) is 6.61. The molecule has 0 bridgehead atoms. The number of para-hydroxylation sites is 1. The van der Waals surface area contributed by atoms with Crippen molar-refractivity contribution in [1.29, 1.82) is 0 Å². The van der Waals surface area contributed by atoms with Gasteiger partial charge in [-0.1, -0.05) is 18.2 Å². The first-order chi connectivity index (χ1) is 9.24. The molecule has 1 heterocycles. The Balaban J connectivity index is 2.18. The Kier molecular flexibility index (Phi) is 4.52. The molecule has 2 amide bonds. The minimum Gasteiger partial charge on any atom is -0.346 e. The lowest BCUT2D eigenvalue weighted by Crippen LogP contribution is -2.52. The van der Waals surface area contributed by atoms with E-state index in [2.05, 4.69) is 5.32 Å². The van der Waals surface area contributed by atoms with E-state index in [0.717, 1.165) is 30.5 Å². The fraction of sp³-hybridized carbons (Fsp3) is 0.429. The van der Waals surface area contributed by atoms with Gasteiger partial charge < -0.3 is 16.0 Å². The maximum atomic E-state index is 11.9. The van der Waals surface area contributed by atoms with E-state index in [1.165, 1.54) is 0 Å². The molecule has 0 atom stereocenters. The molecule has 0 aromatic heterocycles. The van der Waals surface area contributed by atoms with Crippen LogP contribution in [0, 0.1) is 0 Å². The van der Waals surface area contributed by atoms with Crippen molar-refractivity contribution >= 4 is 17.5 Å². The summed E-state index contributed by atoms with van der Waals surface area (Å²) in [6.07, 6.45) is 2.82. The summed E-state index contributed by atoms with van der Waals surface area (Å²) in [7, 11) is 0. The van der Waals surface area contributed by atoms with Crippen LogP contribution in [0.25, 0.3) is 0 Å². The lowest BCUT2D eigenvalue weighted by atomic mass is 10.0. The van der Waals surface area contributed by atoms with Gasteiger partial charge >= 0.3 is 11.8 Å². The average Bonchev–Trinajstić information content (AvgIpc) is 2.43. The summed E-state index contributed by atoms with van der Waals surface area (Å²) in [6, 6.07) is 7.75. The van der Waals surface area contributed by atoms with E-state index in [9.17, 15) is 9.59 Å². The highest BCUT2D eigenvalue weighted by Crippen LogP contribution is 2.23. The van der Waals surface area contributed by atoms with E-state index in [4.69, 9.17) is 5.73 Å². The Bertz CT molecular complexity index is 474. The van der Waals surface area contributed by atoms with Crippen LogP contribution >= 0.6 is 0 Å². The van der Waals surface area contributed by atoms with Gasteiger partial charge in [0, 0.05) is 18.8 Å². The van der Waals surface area contributed by atoms with Crippen LogP contribution in [0.1, 0.15) is 18.4 Å². The molecule has 0 saturated carbocycles. The number of piperazine rings is 1. The molecule has 0 spiro atoms. The van der Waals surface area contributed by atoms with Gasteiger partial charge in [-0.05, 0) is 37.4 Å². The van der Waals surface area contributed by atoms with Gasteiger partial charge in [-0.15, -0.1) is 0 Å². The largest absolute Gasteiger partial charge is 0.346 e. The third-order valence-corrected chi connectivity index (χ3v) is 3.24. The number of anilines is 1. The van der Waals surface area contributed by atoms with Crippen LogP contribution in [-0.4, -0.2) is 31.4 Å². The first-order valence-electron chi connectivity index (χ1n) is 6.61. The third-order valence-electron chi connectivity index (χ3n) is 3.24. The minimum absolute atomic E-state index is 0.475. The number of nitrogens with one attached hydrogen (secondary N) is 1. The van der Waals surface area contributed by atoms with E-state index in [1.54, 1.807) is 4.90 Å². The smallest absolute Gasteiger partial charge is 0.316 e. The third kappa shape index (κ3) is 3.12. The summed E-state index contributed by atoms with van der Waals surface area (Å²) >= 11 is 0. The number of benzene rings is 1. The zero-order chi connectivity index (χ0) is 13.7. The summed E-state index contributed by atoms with van der Waals surface area (Å²) < 4.78 is 0. The van der Waals surface area contributed by atoms with Crippen LogP contribution in [-0.2, 0) is 16.0 Å². The number of aryl methyl sites for hydroxylation is 1. The Hall–Kier alpha value is -1.88. The predicted octanol–water partition coefficient (Wildman–Crippen LogP) is 0.431. The van der Waals surface area contributed by atoms with Crippen molar-refractivity contribution in [3.05, 3.63) is 29.8 Å². The lowest BCUT2D eigenvalue weighted by Gasteiger charge is -2.28. The number of carbonyl (C=O) groups excluding carboxylic acids is 2. The van der Waals surface area contributed by atoms with Crippen LogP contribution < -0.4 is 16.0 Å². The van der Waals surface area contributed by atoms with Gasteiger partial charge in [-0.25, -0.2) is 0 Å². The second kappa shape index (κ2) is 6.33. The number of nitrogens with two attached hydrogens (primary N) is 1. The second-order valence-electron chi connectivity index (χ2n) is 4.59. The summed E-state index contributed by atoms with van der Waals surface area (Å²) in [6.45, 7) is 1.70. The number of hydrogen-bond acceptors (Lipinski definition) is 3. The second-order valence-corrected chi connectivity index (χ2v) is 4.59. The van der Waals surface area contributed by atoms with E-state index in [1.807, 2.05) is 24.3 Å². The minimum atomic E-state index is -0.525. The van der Waals surface area contributed by atoms with Crippen molar-refractivity contribution in [2.45, 2.75) is 19.3 Å².